The number of amides is 1. The molecule has 35 heavy (non-hydrogen) atoms. The number of ether oxygens (including phenoxy) is 1. The van der Waals surface area contributed by atoms with E-state index in [9.17, 15) is 13.2 Å². The fourth-order valence-electron chi connectivity index (χ4n) is 4.41. The SMILES string of the molecule is COc1ccc(N(C)S(=O)(=O)c2cccc(C(=O)N3CCCC3c3nnc4ccccn34)c2)cc1. The van der Waals surface area contributed by atoms with Gasteiger partial charge in [-0.15, -0.1) is 10.2 Å². The monoisotopic (exact) mass is 491 g/mol. The van der Waals surface area contributed by atoms with Crippen LogP contribution in [-0.4, -0.2) is 54.5 Å². The molecular formula is C25H25N5O4S. The average Bonchev–Trinajstić information content (AvgIpc) is 3.55. The van der Waals surface area contributed by atoms with Crippen molar-refractivity contribution in [3.63, 3.8) is 0 Å². The average molecular weight is 492 g/mol. The van der Waals surface area contributed by atoms with E-state index in [0.29, 0.717) is 29.4 Å². The first-order valence-corrected chi connectivity index (χ1v) is 12.7. The summed E-state index contributed by atoms with van der Waals surface area (Å²) < 4.78 is 34.9. The maximum Gasteiger partial charge on any atom is 0.264 e. The van der Waals surface area contributed by atoms with Crippen LogP contribution in [0, 0.1) is 0 Å². The Morgan fingerprint density at radius 3 is 2.63 bits per heavy atom. The largest absolute Gasteiger partial charge is 0.497 e. The van der Waals surface area contributed by atoms with E-state index in [1.165, 1.54) is 23.5 Å². The lowest BCUT2D eigenvalue weighted by Crippen LogP contribution is -2.32. The molecule has 1 saturated heterocycles. The lowest BCUT2D eigenvalue weighted by atomic mass is 10.1. The van der Waals surface area contributed by atoms with Gasteiger partial charge in [-0.1, -0.05) is 12.1 Å². The van der Waals surface area contributed by atoms with Crippen LogP contribution in [0.15, 0.2) is 77.8 Å². The highest BCUT2D eigenvalue weighted by Crippen LogP contribution is 2.33. The van der Waals surface area contributed by atoms with Crippen molar-refractivity contribution in [1.82, 2.24) is 19.5 Å². The third-order valence-corrected chi connectivity index (χ3v) is 8.11. The quantitative estimate of drug-likeness (QED) is 0.409. The highest BCUT2D eigenvalue weighted by Gasteiger charge is 2.34. The first-order valence-electron chi connectivity index (χ1n) is 11.2. The molecule has 1 unspecified atom stereocenters. The van der Waals surface area contributed by atoms with Gasteiger partial charge in [0.05, 0.1) is 23.7 Å². The molecule has 5 rings (SSSR count). The van der Waals surface area contributed by atoms with Gasteiger partial charge in [0.15, 0.2) is 11.5 Å². The lowest BCUT2D eigenvalue weighted by Gasteiger charge is -2.24. The molecule has 1 amide bonds. The fourth-order valence-corrected chi connectivity index (χ4v) is 5.65. The molecule has 2 aromatic carbocycles. The summed E-state index contributed by atoms with van der Waals surface area (Å²) >= 11 is 0. The number of nitrogens with zero attached hydrogens (tertiary/aromatic N) is 5. The summed E-state index contributed by atoms with van der Waals surface area (Å²) in [6.45, 7) is 0.563. The minimum atomic E-state index is -3.88. The van der Waals surface area contributed by atoms with Crippen LogP contribution in [0.2, 0.25) is 0 Å². The number of benzene rings is 2. The predicted molar refractivity (Wildman–Crippen MR) is 131 cm³/mol. The molecule has 0 saturated carbocycles. The number of likely N-dealkylation sites (tertiary alicyclic amines) is 1. The molecule has 4 aromatic rings. The first-order chi connectivity index (χ1) is 16.9. The van der Waals surface area contributed by atoms with Gasteiger partial charge in [-0.25, -0.2) is 8.42 Å². The van der Waals surface area contributed by atoms with Gasteiger partial charge < -0.3 is 9.64 Å². The van der Waals surface area contributed by atoms with E-state index in [1.807, 2.05) is 28.8 Å². The Morgan fingerprint density at radius 2 is 1.86 bits per heavy atom. The molecule has 180 valence electrons. The van der Waals surface area contributed by atoms with E-state index in [4.69, 9.17) is 4.74 Å². The summed E-state index contributed by atoms with van der Waals surface area (Å²) in [4.78, 5) is 15.3. The number of sulfonamides is 1. The van der Waals surface area contributed by atoms with Crippen molar-refractivity contribution < 1.29 is 17.9 Å². The van der Waals surface area contributed by atoms with Crippen molar-refractivity contribution in [3.05, 3.63) is 84.3 Å². The molecule has 0 radical (unpaired) electrons. The van der Waals surface area contributed by atoms with Crippen LogP contribution < -0.4 is 9.04 Å². The molecule has 2 aromatic heterocycles. The van der Waals surface area contributed by atoms with Gasteiger partial charge >= 0.3 is 0 Å². The molecule has 0 aliphatic carbocycles. The first kappa shape index (κ1) is 22.9. The molecule has 0 bridgehead atoms. The smallest absolute Gasteiger partial charge is 0.264 e. The zero-order chi connectivity index (χ0) is 24.6. The number of pyridine rings is 1. The summed E-state index contributed by atoms with van der Waals surface area (Å²) in [5.41, 5.74) is 1.52. The van der Waals surface area contributed by atoms with Crippen molar-refractivity contribution in [3.8, 4) is 5.75 Å². The second-order valence-electron chi connectivity index (χ2n) is 8.34. The molecular weight excluding hydrogens is 466 g/mol. The van der Waals surface area contributed by atoms with Gasteiger partial charge in [0.1, 0.15) is 5.75 Å². The van der Waals surface area contributed by atoms with Gasteiger partial charge in [-0.3, -0.25) is 13.5 Å². The standard InChI is InChI=1S/C25H25N5O4S/c1-28(19-11-13-20(34-2)14-12-19)35(32,33)21-8-5-7-18(17-21)25(31)29-16-6-9-22(29)24-27-26-23-10-3-4-15-30(23)24/h3-5,7-8,10-15,17,22H,6,9,16H2,1-2H3. The summed E-state index contributed by atoms with van der Waals surface area (Å²) in [5.74, 6) is 1.10. The molecule has 0 spiro atoms. The number of rotatable bonds is 6. The number of hydrogen-bond acceptors (Lipinski definition) is 6. The molecule has 9 nitrogen and oxygen atoms in total. The Labute approximate surface area is 203 Å². The fraction of sp³-hybridized carbons (Fsp3) is 0.240. The number of carbonyl (C=O) groups excluding carboxylic acids is 1. The van der Waals surface area contributed by atoms with Crippen molar-refractivity contribution >= 4 is 27.3 Å². The normalized spacial score (nSPS) is 15.9. The van der Waals surface area contributed by atoms with Gasteiger partial charge in [-0.2, -0.15) is 0 Å². The molecule has 1 fully saturated rings. The van der Waals surface area contributed by atoms with Gasteiger partial charge in [0.2, 0.25) is 0 Å². The van der Waals surface area contributed by atoms with Gasteiger partial charge in [0.25, 0.3) is 15.9 Å². The number of hydrogen-bond donors (Lipinski definition) is 0. The second kappa shape index (κ2) is 9.03. The Balaban J connectivity index is 1.43. The maximum absolute atomic E-state index is 13.5. The van der Waals surface area contributed by atoms with Gasteiger partial charge in [-0.05, 0) is 67.4 Å². The van der Waals surface area contributed by atoms with E-state index in [2.05, 4.69) is 10.2 Å². The summed E-state index contributed by atoms with van der Waals surface area (Å²) in [7, 11) is -0.847. The van der Waals surface area contributed by atoms with Crippen molar-refractivity contribution in [2.75, 3.05) is 25.0 Å². The third kappa shape index (κ3) is 4.10. The predicted octanol–water partition coefficient (Wildman–Crippen LogP) is 3.54. The second-order valence-corrected chi connectivity index (χ2v) is 10.3. The van der Waals surface area contributed by atoms with E-state index >= 15 is 0 Å². The molecule has 1 aliphatic rings. The van der Waals surface area contributed by atoms with E-state index < -0.39 is 10.0 Å². The highest BCUT2D eigenvalue weighted by molar-refractivity contribution is 7.92. The molecule has 0 N–H and O–H groups in total. The van der Waals surface area contributed by atoms with Gasteiger partial charge in [0, 0.05) is 25.4 Å². The van der Waals surface area contributed by atoms with E-state index in [1.54, 1.807) is 48.4 Å². The number of fused-ring (bicyclic) bond motifs is 1. The highest BCUT2D eigenvalue weighted by atomic mass is 32.2. The number of aromatic nitrogens is 3. The van der Waals surface area contributed by atoms with Crippen molar-refractivity contribution in [2.45, 2.75) is 23.8 Å². The Morgan fingerprint density at radius 1 is 1.06 bits per heavy atom. The summed E-state index contributed by atoms with van der Waals surface area (Å²) in [6, 6.07) is 18.3. The summed E-state index contributed by atoms with van der Waals surface area (Å²) in [5, 5.41) is 8.55. The van der Waals surface area contributed by atoms with Crippen LogP contribution in [0.5, 0.6) is 5.75 Å². The van der Waals surface area contributed by atoms with E-state index in [0.717, 1.165) is 18.5 Å². The Kier molecular flexibility index (Phi) is 5.89. The number of anilines is 1. The minimum absolute atomic E-state index is 0.0466. The maximum atomic E-state index is 13.5. The Bertz CT molecular complexity index is 1480. The van der Waals surface area contributed by atoms with Crippen molar-refractivity contribution in [1.29, 1.82) is 0 Å². The number of methoxy groups -OCH3 is 1. The minimum Gasteiger partial charge on any atom is -0.497 e. The van der Waals surface area contributed by atoms with Crippen LogP contribution in [0.1, 0.15) is 35.1 Å². The summed E-state index contributed by atoms with van der Waals surface area (Å²) in [6.07, 6.45) is 3.48. The lowest BCUT2D eigenvalue weighted by molar-refractivity contribution is 0.0729. The van der Waals surface area contributed by atoms with Crippen LogP contribution in [0.3, 0.4) is 0 Å². The van der Waals surface area contributed by atoms with Crippen LogP contribution >= 0.6 is 0 Å². The van der Waals surface area contributed by atoms with Crippen LogP contribution in [0.4, 0.5) is 5.69 Å². The molecule has 3 heterocycles. The topological polar surface area (TPSA) is 97.1 Å². The molecule has 10 heteroatoms. The van der Waals surface area contributed by atoms with Crippen LogP contribution in [0.25, 0.3) is 5.65 Å². The number of carbonyl (C=O) groups is 1. The van der Waals surface area contributed by atoms with E-state index in [-0.39, 0.29) is 16.8 Å². The Hall–Kier alpha value is -3.92. The van der Waals surface area contributed by atoms with Crippen molar-refractivity contribution in [2.24, 2.45) is 0 Å². The zero-order valence-corrected chi connectivity index (χ0v) is 20.2. The zero-order valence-electron chi connectivity index (χ0n) is 19.4. The van der Waals surface area contributed by atoms with Crippen LogP contribution in [-0.2, 0) is 10.0 Å². The molecule has 1 aliphatic heterocycles. The third-order valence-electron chi connectivity index (χ3n) is 6.33. The molecule has 1 atom stereocenters.